The second-order valence-corrected chi connectivity index (χ2v) is 4.23. The summed E-state index contributed by atoms with van der Waals surface area (Å²) in [4.78, 5) is 24.4. The van der Waals surface area contributed by atoms with Crippen LogP contribution in [0.4, 0.5) is 0 Å². The third-order valence-corrected chi connectivity index (χ3v) is 3.47. The Bertz CT molecular complexity index is 262. The van der Waals surface area contributed by atoms with Crippen LogP contribution in [0.1, 0.15) is 26.7 Å². The number of fused-ring (bicyclic) bond motifs is 1. The molecule has 2 fully saturated rings. The third-order valence-electron chi connectivity index (χ3n) is 3.47. The van der Waals surface area contributed by atoms with E-state index in [0.717, 1.165) is 13.0 Å². The van der Waals surface area contributed by atoms with Crippen LogP contribution in [0.2, 0.25) is 0 Å². The lowest BCUT2D eigenvalue weighted by Gasteiger charge is -2.32. The molecule has 0 radical (unpaired) electrons. The first-order valence-electron chi connectivity index (χ1n) is 4.89. The van der Waals surface area contributed by atoms with Gasteiger partial charge in [-0.3, -0.25) is 9.59 Å². The summed E-state index contributed by atoms with van der Waals surface area (Å²) in [6.07, 6.45) is 2.32. The first-order chi connectivity index (χ1) is 6.11. The largest absolute Gasteiger partial charge is 0.332 e. The predicted molar refractivity (Wildman–Crippen MR) is 48.1 cm³/mol. The molecular formula is C10H15NO2. The van der Waals surface area contributed by atoms with E-state index in [4.69, 9.17) is 0 Å². The van der Waals surface area contributed by atoms with Crippen LogP contribution >= 0.6 is 0 Å². The van der Waals surface area contributed by atoms with Gasteiger partial charge in [-0.05, 0) is 31.6 Å². The summed E-state index contributed by atoms with van der Waals surface area (Å²) in [5, 5.41) is 0. The van der Waals surface area contributed by atoms with Gasteiger partial charge in [0.25, 0.3) is 0 Å². The predicted octanol–water partition coefficient (Wildman–Crippen LogP) is 0.832. The number of rotatable bonds is 1. The summed E-state index contributed by atoms with van der Waals surface area (Å²) in [6.45, 7) is 3.96. The van der Waals surface area contributed by atoms with Gasteiger partial charge in [0, 0.05) is 13.5 Å². The molecule has 0 N–H and O–H groups in total. The number of carbonyl (C=O) groups excluding carboxylic acids is 2. The molecule has 1 saturated carbocycles. The van der Waals surface area contributed by atoms with Crippen molar-refractivity contribution in [1.82, 2.24) is 4.90 Å². The summed E-state index contributed by atoms with van der Waals surface area (Å²) < 4.78 is 0. The molecule has 0 aromatic rings. The van der Waals surface area contributed by atoms with Crippen molar-refractivity contribution < 1.29 is 9.59 Å². The number of hydrogen-bond donors (Lipinski definition) is 0. The van der Waals surface area contributed by atoms with Gasteiger partial charge in [-0.1, -0.05) is 0 Å². The van der Waals surface area contributed by atoms with Crippen LogP contribution in [0.3, 0.4) is 0 Å². The molecule has 0 unspecified atom stereocenters. The maximum absolute atomic E-state index is 11.4. The quantitative estimate of drug-likeness (QED) is 0.601. The van der Waals surface area contributed by atoms with Gasteiger partial charge in [0.2, 0.25) is 5.91 Å². The highest BCUT2D eigenvalue weighted by Gasteiger charge is 2.49. The number of hydrogen-bond acceptors (Lipinski definition) is 2. The molecule has 3 heteroatoms. The highest BCUT2D eigenvalue weighted by Crippen LogP contribution is 2.44. The summed E-state index contributed by atoms with van der Waals surface area (Å²) in [6, 6.07) is -0.101. The summed E-state index contributed by atoms with van der Waals surface area (Å²) >= 11 is 0. The van der Waals surface area contributed by atoms with E-state index in [0.29, 0.717) is 11.8 Å². The van der Waals surface area contributed by atoms with Gasteiger partial charge in [-0.25, -0.2) is 0 Å². The average Bonchev–Trinajstić information content (AvgIpc) is 2.23. The molecule has 1 aliphatic carbocycles. The summed E-state index contributed by atoms with van der Waals surface area (Å²) in [5.41, 5.74) is 0. The van der Waals surface area contributed by atoms with Crippen LogP contribution in [0.25, 0.3) is 0 Å². The molecule has 72 valence electrons. The zero-order valence-electron chi connectivity index (χ0n) is 8.12. The van der Waals surface area contributed by atoms with Crippen molar-refractivity contribution in [3.63, 3.8) is 0 Å². The average molecular weight is 181 g/mol. The minimum absolute atomic E-state index is 0.0506. The highest BCUT2D eigenvalue weighted by molar-refractivity contribution is 5.87. The second-order valence-electron chi connectivity index (χ2n) is 4.23. The normalized spacial score (nSPS) is 36.8. The Kier molecular flexibility index (Phi) is 1.90. The van der Waals surface area contributed by atoms with Gasteiger partial charge >= 0.3 is 0 Å². The minimum atomic E-state index is -0.101. The molecule has 0 bridgehead atoms. The standard InChI is InChI=1S/C10H15NO2/c1-6(12)10-9-4-3-8(9)5-11(10)7(2)13/h8-10H,3-5H2,1-2H3/t8-,9-,10+/m0/s1. The topological polar surface area (TPSA) is 37.4 Å². The third kappa shape index (κ3) is 1.18. The SMILES string of the molecule is CC(=O)[C@@H]1[C@H]2CC[C@H]2CN1C(C)=O. The van der Waals surface area contributed by atoms with Gasteiger partial charge in [0.1, 0.15) is 0 Å². The van der Waals surface area contributed by atoms with Gasteiger partial charge in [-0.2, -0.15) is 0 Å². The Morgan fingerprint density at radius 2 is 1.92 bits per heavy atom. The molecule has 2 rings (SSSR count). The number of ketones is 1. The molecule has 3 nitrogen and oxygen atoms in total. The lowest BCUT2D eigenvalue weighted by molar-refractivity contribution is -0.136. The lowest BCUT2D eigenvalue weighted by atomic mass is 9.72. The molecule has 0 aromatic carbocycles. The number of Topliss-reactive ketones (excluding diaryl/α,β-unsaturated/α-hetero) is 1. The van der Waals surface area contributed by atoms with Crippen LogP contribution in [0.15, 0.2) is 0 Å². The Hall–Kier alpha value is -0.860. The monoisotopic (exact) mass is 181 g/mol. The Morgan fingerprint density at radius 1 is 1.23 bits per heavy atom. The zero-order chi connectivity index (χ0) is 9.59. The van der Waals surface area contributed by atoms with Crippen LogP contribution < -0.4 is 0 Å². The molecule has 13 heavy (non-hydrogen) atoms. The van der Waals surface area contributed by atoms with Crippen LogP contribution in [-0.2, 0) is 9.59 Å². The van der Waals surface area contributed by atoms with E-state index in [1.165, 1.54) is 6.42 Å². The van der Waals surface area contributed by atoms with E-state index >= 15 is 0 Å². The van der Waals surface area contributed by atoms with Gasteiger partial charge < -0.3 is 4.90 Å². The fourth-order valence-electron chi connectivity index (χ4n) is 2.68. The van der Waals surface area contributed by atoms with Crippen molar-refractivity contribution >= 4 is 11.7 Å². The maximum Gasteiger partial charge on any atom is 0.220 e. The summed E-state index contributed by atoms with van der Waals surface area (Å²) in [5.74, 6) is 1.29. The van der Waals surface area contributed by atoms with Crippen molar-refractivity contribution in [1.29, 1.82) is 0 Å². The Morgan fingerprint density at radius 3 is 2.31 bits per heavy atom. The molecule has 0 spiro atoms. The van der Waals surface area contributed by atoms with E-state index in [1.807, 2.05) is 0 Å². The summed E-state index contributed by atoms with van der Waals surface area (Å²) in [7, 11) is 0. The molecule has 2 aliphatic rings. The molecule has 3 atom stereocenters. The first-order valence-corrected chi connectivity index (χ1v) is 4.89. The Labute approximate surface area is 78.1 Å². The number of amides is 1. The van der Waals surface area contributed by atoms with Crippen molar-refractivity contribution in [2.24, 2.45) is 11.8 Å². The zero-order valence-corrected chi connectivity index (χ0v) is 8.12. The Balaban J connectivity index is 2.19. The van der Waals surface area contributed by atoms with Gasteiger partial charge in [0.15, 0.2) is 5.78 Å². The number of likely N-dealkylation sites (tertiary alicyclic amines) is 1. The highest BCUT2D eigenvalue weighted by atomic mass is 16.2. The van der Waals surface area contributed by atoms with Crippen molar-refractivity contribution in [2.45, 2.75) is 32.7 Å². The van der Waals surface area contributed by atoms with Crippen LogP contribution in [-0.4, -0.2) is 29.2 Å². The van der Waals surface area contributed by atoms with Crippen molar-refractivity contribution in [3.8, 4) is 0 Å². The first kappa shape index (κ1) is 8.73. The maximum atomic E-state index is 11.4. The molecule has 1 saturated heterocycles. The van der Waals surface area contributed by atoms with E-state index < -0.39 is 0 Å². The van der Waals surface area contributed by atoms with Gasteiger partial charge in [0.05, 0.1) is 6.04 Å². The second kappa shape index (κ2) is 2.82. The van der Waals surface area contributed by atoms with Crippen molar-refractivity contribution in [2.75, 3.05) is 6.54 Å². The number of nitrogens with zero attached hydrogens (tertiary/aromatic N) is 1. The van der Waals surface area contributed by atoms with Gasteiger partial charge in [-0.15, -0.1) is 0 Å². The smallest absolute Gasteiger partial charge is 0.220 e. The van der Waals surface area contributed by atoms with E-state index in [1.54, 1.807) is 18.7 Å². The van der Waals surface area contributed by atoms with Crippen molar-refractivity contribution in [3.05, 3.63) is 0 Å². The molecule has 1 amide bonds. The van der Waals surface area contributed by atoms with E-state index in [9.17, 15) is 9.59 Å². The molecule has 0 aromatic heterocycles. The van der Waals surface area contributed by atoms with Crippen LogP contribution in [0, 0.1) is 11.8 Å². The van der Waals surface area contributed by atoms with E-state index in [-0.39, 0.29) is 17.7 Å². The minimum Gasteiger partial charge on any atom is -0.332 e. The fraction of sp³-hybridized carbons (Fsp3) is 0.800. The fourth-order valence-corrected chi connectivity index (χ4v) is 2.68. The molecule has 1 aliphatic heterocycles. The van der Waals surface area contributed by atoms with Crippen LogP contribution in [0.5, 0.6) is 0 Å². The lowest BCUT2D eigenvalue weighted by Crippen LogP contribution is -2.42. The van der Waals surface area contributed by atoms with E-state index in [2.05, 4.69) is 0 Å². The molecular weight excluding hydrogens is 166 g/mol. The molecule has 1 heterocycles. The number of carbonyl (C=O) groups is 2.